The van der Waals surface area contributed by atoms with Crippen molar-refractivity contribution < 1.29 is 0 Å². The molecule has 0 bridgehead atoms. The summed E-state index contributed by atoms with van der Waals surface area (Å²) in [5.41, 5.74) is 7.51. The van der Waals surface area contributed by atoms with Crippen molar-refractivity contribution in [2.24, 2.45) is 0 Å². The van der Waals surface area contributed by atoms with Gasteiger partial charge in [0.1, 0.15) is 5.82 Å². The van der Waals surface area contributed by atoms with Gasteiger partial charge in [-0.05, 0) is 12.1 Å². The summed E-state index contributed by atoms with van der Waals surface area (Å²) in [6.45, 7) is 0. The molecule has 17 heavy (non-hydrogen) atoms. The van der Waals surface area contributed by atoms with Gasteiger partial charge in [0, 0.05) is 35.2 Å². The number of rotatable bonds is 2. The first-order chi connectivity index (χ1) is 8.34. The lowest BCUT2D eigenvalue weighted by atomic mass is 10.2. The van der Waals surface area contributed by atoms with Crippen molar-refractivity contribution in [2.45, 2.75) is 0 Å². The summed E-state index contributed by atoms with van der Waals surface area (Å²) in [6, 6.07) is 7.68. The average molecular weight is 242 g/mol. The maximum atomic E-state index is 5.78. The molecule has 0 aliphatic rings. The Morgan fingerprint density at radius 3 is 2.88 bits per heavy atom. The molecule has 2 heterocycles. The molecule has 0 radical (unpaired) electrons. The van der Waals surface area contributed by atoms with Gasteiger partial charge in [-0.3, -0.25) is 4.57 Å². The highest BCUT2D eigenvalue weighted by Gasteiger charge is 2.09. The molecule has 0 saturated carbocycles. The number of nitrogen functional groups attached to an aromatic ring is 1. The van der Waals surface area contributed by atoms with E-state index in [9.17, 15) is 0 Å². The van der Waals surface area contributed by atoms with E-state index in [2.05, 4.69) is 9.97 Å². The Morgan fingerprint density at radius 1 is 1.18 bits per heavy atom. The topological polar surface area (TPSA) is 56.7 Å². The lowest BCUT2D eigenvalue weighted by Gasteiger charge is -2.04. The Kier molecular flexibility index (Phi) is 2.38. The minimum atomic E-state index is 0.733. The Labute approximate surface area is 102 Å². The van der Waals surface area contributed by atoms with Crippen LogP contribution in [0.25, 0.3) is 16.5 Å². The van der Waals surface area contributed by atoms with Crippen molar-refractivity contribution in [3.63, 3.8) is 0 Å². The van der Waals surface area contributed by atoms with E-state index in [1.54, 1.807) is 23.7 Å². The van der Waals surface area contributed by atoms with Crippen molar-refractivity contribution in [1.29, 1.82) is 0 Å². The van der Waals surface area contributed by atoms with Gasteiger partial charge in [-0.15, -0.1) is 11.3 Å². The molecular formula is C12H10N4S. The summed E-state index contributed by atoms with van der Waals surface area (Å²) in [5.74, 6) is 0.854. The van der Waals surface area contributed by atoms with Crippen LogP contribution in [0.4, 0.5) is 5.69 Å². The fourth-order valence-corrected chi connectivity index (χ4v) is 2.31. The highest BCUT2D eigenvalue weighted by atomic mass is 32.1. The summed E-state index contributed by atoms with van der Waals surface area (Å²) >= 11 is 1.57. The molecule has 0 fully saturated rings. The van der Waals surface area contributed by atoms with Crippen LogP contribution < -0.4 is 5.73 Å². The fourth-order valence-electron chi connectivity index (χ4n) is 1.68. The third-order valence-electron chi connectivity index (χ3n) is 2.41. The molecule has 4 nitrogen and oxygen atoms in total. The molecule has 3 rings (SSSR count). The minimum Gasteiger partial charge on any atom is -0.399 e. The normalized spacial score (nSPS) is 10.6. The summed E-state index contributed by atoms with van der Waals surface area (Å²) in [4.78, 5) is 8.64. The number of nitrogens with zero attached hydrogens (tertiary/aromatic N) is 3. The van der Waals surface area contributed by atoms with E-state index in [1.807, 2.05) is 40.4 Å². The van der Waals surface area contributed by atoms with Gasteiger partial charge in [0.15, 0.2) is 5.13 Å². The van der Waals surface area contributed by atoms with Crippen LogP contribution in [0, 0.1) is 0 Å². The number of anilines is 1. The standard InChI is InChI=1S/C12H10N4S/c13-10-3-1-2-9(8-10)11-14-4-6-16(11)12-15-5-7-17-12/h1-8H,13H2. The molecular weight excluding hydrogens is 232 g/mol. The van der Waals surface area contributed by atoms with Crippen molar-refractivity contribution in [2.75, 3.05) is 5.73 Å². The van der Waals surface area contributed by atoms with Crippen LogP contribution in [0.2, 0.25) is 0 Å². The molecule has 0 unspecified atom stereocenters. The van der Waals surface area contributed by atoms with Crippen LogP contribution in [0.5, 0.6) is 0 Å². The summed E-state index contributed by atoms with van der Waals surface area (Å²) in [7, 11) is 0. The summed E-state index contributed by atoms with van der Waals surface area (Å²) in [5, 5.41) is 2.85. The zero-order valence-corrected chi connectivity index (χ0v) is 9.76. The highest BCUT2D eigenvalue weighted by Crippen LogP contribution is 2.23. The molecule has 0 saturated heterocycles. The Morgan fingerprint density at radius 2 is 2.12 bits per heavy atom. The molecule has 0 spiro atoms. The van der Waals surface area contributed by atoms with Crippen LogP contribution in [-0.4, -0.2) is 14.5 Å². The largest absolute Gasteiger partial charge is 0.399 e. The second kappa shape index (κ2) is 4.03. The van der Waals surface area contributed by atoms with Crippen LogP contribution >= 0.6 is 11.3 Å². The Bertz CT molecular complexity index is 628. The monoisotopic (exact) mass is 242 g/mol. The van der Waals surface area contributed by atoms with Crippen molar-refractivity contribution in [1.82, 2.24) is 14.5 Å². The van der Waals surface area contributed by atoms with E-state index >= 15 is 0 Å². The zero-order chi connectivity index (χ0) is 11.7. The van der Waals surface area contributed by atoms with E-state index in [1.165, 1.54) is 0 Å². The Hall–Kier alpha value is -2.14. The van der Waals surface area contributed by atoms with Crippen molar-refractivity contribution in [3.05, 3.63) is 48.2 Å². The molecule has 0 amide bonds. The van der Waals surface area contributed by atoms with Gasteiger partial charge in [-0.25, -0.2) is 9.97 Å². The number of benzene rings is 1. The fraction of sp³-hybridized carbons (Fsp3) is 0. The SMILES string of the molecule is Nc1cccc(-c2nccn2-c2nccs2)c1. The van der Waals surface area contributed by atoms with Gasteiger partial charge >= 0.3 is 0 Å². The van der Waals surface area contributed by atoms with Crippen LogP contribution in [0.1, 0.15) is 0 Å². The van der Waals surface area contributed by atoms with Crippen molar-refractivity contribution >= 4 is 17.0 Å². The van der Waals surface area contributed by atoms with Gasteiger partial charge in [-0.1, -0.05) is 12.1 Å². The van der Waals surface area contributed by atoms with E-state index in [4.69, 9.17) is 5.73 Å². The van der Waals surface area contributed by atoms with Crippen LogP contribution in [0.15, 0.2) is 48.2 Å². The third kappa shape index (κ3) is 1.81. The number of thiazole rings is 1. The molecule has 3 aromatic rings. The first kappa shape index (κ1) is 10.0. The summed E-state index contributed by atoms with van der Waals surface area (Å²) in [6.07, 6.45) is 5.44. The van der Waals surface area contributed by atoms with E-state index in [-0.39, 0.29) is 0 Å². The predicted octanol–water partition coefficient (Wildman–Crippen LogP) is 2.58. The average Bonchev–Trinajstić information content (AvgIpc) is 3.00. The van der Waals surface area contributed by atoms with Gasteiger partial charge in [0.05, 0.1) is 0 Å². The maximum Gasteiger partial charge on any atom is 0.195 e. The van der Waals surface area contributed by atoms with Crippen molar-refractivity contribution in [3.8, 4) is 16.5 Å². The van der Waals surface area contributed by atoms with Gasteiger partial charge < -0.3 is 5.73 Å². The van der Waals surface area contributed by atoms with E-state index in [0.717, 1.165) is 22.2 Å². The van der Waals surface area contributed by atoms with E-state index < -0.39 is 0 Å². The molecule has 0 atom stereocenters. The lowest BCUT2D eigenvalue weighted by molar-refractivity contribution is 1.04. The second-order valence-corrected chi connectivity index (χ2v) is 4.43. The molecule has 1 aromatic carbocycles. The molecule has 0 aliphatic carbocycles. The molecule has 5 heteroatoms. The van der Waals surface area contributed by atoms with Gasteiger partial charge in [0.25, 0.3) is 0 Å². The maximum absolute atomic E-state index is 5.78. The third-order valence-corrected chi connectivity index (χ3v) is 3.18. The highest BCUT2D eigenvalue weighted by molar-refractivity contribution is 7.12. The van der Waals surface area contributed by atoms with Gasteiger partial charge in [0.2, 0.25) is 0 Å². The van der Waals surface area contributed by atoms with E-state index in [0.29, 0.717) is 0 Å². The molecule has 84 valence electrons. The molecule has 0 aliphatic heterocycles. The number of hydrogen-bond acceptors (Lipinski definition) is 4. The zero-order valence-electron chi connectivity index (χ0n) is 8.95. The van der Waals surface area contributed by atoms with Gasteiger partial charge in [-0.2, -0.15) is 0 Å². The predicted molar refractivity (Wildman–Crippen MR) is 69.1 cm³/mol. The number of aromatic nitrogens is 3. The first-order valence-corrected chi connectivity index (χ1v) is 6.02. The Balaban J connectivity index is 2.14. The lowest BCUT2D eigenvalue weighted by Crippen LogP contribution is -1.96. The number of imidazole rings is 1. The quantitative estimate of drug-likeness (QED) is 0.703. The van der Waals surface area contributed by atoms with Crippen LogP contribution in [0.3, 0.4) is 0 Å². The smallest absolute Gasteiger partial charge is 0.195 e. The second-order valence-electron chi connectivity index (χ2n) is 3.56. The number of nitrogens with two attached hydrogens (primary N) is 1. The van der Waals surface area contributed by atoms with Crippen LogP contribution in [-0.2, 0) is 0 Å². The molecule has 2 N–H and O–H groups in total. The molecule has 2 aromatic heterocycles. The minimum absolute atomic E-state index is 0.733. The first-order valence-electron chi connectivity index (χ1n) is 5.14. The summed E-state index contributed by atoms with van der Waals surface area (Å²) < 4.78 is 1.96. The number of hydrogen-bond donors (Lipinski definition) is 1.